The molecule has 0 atom stereocenters. The van der Waals surface area contributed by atoms with Gasteiger partial charge in [0.15, 0.2) is 0 Å². The maximum Gasteiger partial charge on any atom is 0.243 e. The van der Waals surface area contributed by atoms with Crippen molar-refractivity contribution in [2.75, 3.05) is 25.5 Å². The van der Waals surface area contributed by atoms with Gasteiger partial charge in [-0.25, -0.2) is 8.42 Å². The van der Waals surface area contributed by atoms with E-state index in [2.05, 4.69) is 12.2 Å². The molecule has 1 amide bonds. The Morgan fingerprint density at radius 2 is 1.82 bits per heavy atom. The van der Waals surface area contributed by atoms with Crippen LogP contribution in [-0.2, 0) is 21.2 Å². The summed E-state index contributed by atoms with van der Waals surface area (Å²) in [4.78, 5) is 12.5. The Balaban J connectivity index is 1.63. The van der Waals surface area contributed by atoms with Gasteiger partial charge in [0.1, 0.15) is 5.75 Å². The van der Waals surface area contributed by atoms with Gasteiger partial charge < -0.3 is 10.1 Å². The van der Waals surface area contributed by atoms with Crippen molar-refractivity contribution in [1.29, 1.82) is 0 Å². The van der Waals surface area contributed by atoms with Crippen LogP contribution in [0, 0.1) is 5.92 Å². The molecule has 0 aromatic heterocycles. The van der Waals surface area contributed by atoms with Crippen molar-refractivity contribution >= 4 is 21.6 Å². The van der Waals surface area contributed by atoms with Crippen molar-refractivity contribution in [1.82, 2.24) is 4.31 Å². The summed E-state index contributed by atoms with van der Waals surface area (Å²) >= 11 is 0. The van der Waals surface area contributed by atoms with E-state index in [0.717, 1.165) is 18.4 Å². The first-order valence-corrected chi connectivity index (χ1v) is 10.9. The second kappa shape index (κ2) is 8.75. The average molecular weight is 403 g/mol. The molecule has 7 heteroatoms. The maximum absolute atomic E-state index is 12.8. The van der Waals surface area contributed by atoms with Crippen LogP contribution in [0.5, 0.6) is 5.75 Å². The zero-order valence-corrected chi connectivity index (χ0v) is 17.0. The van der Waals surface area contributed by atoms with Crippen LogP contribution in [0.1, 0.15) is 25.3 Å². The Bertz CT molecular complexity index is 918. The Morgan fingerprint density at radius 3 is 2.46 bits per heavy atom. The first-order chi connectivity index (χ1) is 13.4. The van der Waals surface area contributed by atoms with E-state index in [4.69, 9.17) is 4.74 Å². The lowest BCUT2D eigenvalue weighted by Gasteiger charge is -2.29. The zero-order chi connectivity index (χ0) is 20.1. The number of hydrogen-bond acceptors (Lipinski definition) is 4. The van der Waals surface area contributed by atoms with Gasteiger partial charge in [-0.3, -0.25) is 4.79 Å². The molecule has 1 heterocycles. The number of hydrogen-bond donors (Lipinski definition) is 1. The van der Waals surface area contributed by atoms with Gasteiger partial charge in [-0.15, -0.1) is 0 Å². The van der Waals surface area contributed by atoms with Crippen LogP contribution in [0.3, 0.4) is 0 Å². The van der Waals surface area contributed by atoms with E-state index in [-0.39, 0.29) is 17.2 Å². The molecule has 2 aromatic rings. The second-order valence-corrected chi connectivity index (χ2v) is 9.13. The van der Waals surface area contributed by atoms with Crippen molar-refractivity contribution in [3.05, 3.63) is 54.1 Å². The van der Waals surface area contributed by atoms with Crippen LogP contribution in [0.15, 0.2) is 53.4 Å². The van der Waals surface area contributed by atoms with Crippen molar-refractivity contribution < 1.29 is 17.9 Å². The standard InChI is InChI=1S/C21H26N2O4S/c1-16-10-12-23(13-11-16)28(25,26)20-8-6-18(7-9-20)22-21(24)15-17-4-3-5-19(14-17)27-2/h3-9,14,16H,10-13,15H2,1-2H3,(H,22,24). The number of anilines is 1. The van der Waals surface area contributed by atoms with Crippen molar-refractivity contribution in [2.24, 2.45) is 5.92 Å². The monoisotopic (exact) mass is 402 g/mol. The lowest BCUT2D eigenvalue weighted by atomic mass is 10.0. The van der Waals surface area contributed by atoms with Gasteiger partial charge in [-0.2, -0.15) is 4.31 Å². The molecular weight excluding hydrogens is 376 g/mol. The maximum atomic E-state index is 12.8. The highest BCUT2D eigenvalue weighted by molar-refractivity contribution is 7.89. The van der Waals surface area contributed by atoms with E-state index in [1.54, 1.807) is 35.7 Å². The summed E-state index contributed by atoms with van der Waals surface area (Å²) in [5.41, 5.74) is 1.41. The van der Waals surface area contributed by atoms with Crippen LogP contribution in [0.25, 0.3) is 0 Å². The number of amides is 1. The molecule has 0 unspecified atom stereocenters. The topological polar surface area (TPSA) is 75.7 Å². The number of piperidine rings is 1. The predicted molar refractivity (Wildman–Crippen MR) is 109 cm³/mol. The van der Waals surface area contributed by atoms with Gasteiger partial charge in [0.05, 0.1) is 18.4 Å². The molecule has 1 fully saturated rings. The van der Waals surface area contributed by atoms with Crippen LogP contribution < -0.4 is 10.1 Å². The van der Waals surface area contributed by atoms with Crippen molar-refractivity contribution in [3.63, 3.8) is 0 Å². The largest absolute Gasteiger partial charge is 0.497 e. The Morgan fingerprint density at radius 1 is 1.14 bits per heavy atom. The Labute approximate surface area is 166 Å². The molecule has 1 N–H and O–H groups in total. The fourth-order valence-corrected chi connectivity index (χ4v) is 4.73. The SMILES string of the molecule is COc1cccc(CC(=O)Nc2ccc(S(=O)(=O)N3CCC(C)CC3)cc2)c1. The van der Waals surface area contributed by atoms with E-state index >= 15 is 0 Å². The molecule has 0 bridgehead atoms. The fourth-order valence-electron chi connectivity index (χ4n) is 3.26. The van der Waals surface area contributed by atoms with Crippen LogP contribution in [0.4, 0.5) is 5.69 Å². The number of benzene rings is 2. The van der Waals surface area contributed by atoms with E-state index in [1.807, 2.05) is 24.3 Å². The number of ether oxygens (including phenoxy) is 1. The number of carbonyl (C=O) groups excluding carboxylic acids is 1. The number of rotatable bonds is 6. The average Bonchev–Trinajstić information content (AvgIpc) is 2.69. The molecule has 0 radical (unpaired) electrons. The molecule has 1 aliphatic rings. The molecule has 28 heavy (non-hydrogen) atoms. The third-order valence-electron chi connectivity index (χ3n) is 5.02. The quantitative estimate of drug-likeness (QED) is 0.804. The van der Waals surface area contributed by atoms with E-state index in [9.17, 15) is 13.2 Å². The minimum atomic E-state index is -3.48. The summed E-state index contributed by atoms with van der Waals surface area (Å²) in [5.74, 6) is 1.09. The van der Waals surface area contributed by atoms with Crippen LogP contribution in [-0.4, -0.2) is 38.8 Å². The molecule has 3 rings (SSSR count). The molecule has 0 saturated carbocycles. The number of carbonyl (C=O) groups is 1. The lowest BCUT2D eigenvalue weighted by Crippen LogP contribution is -2.37. The van der Waals surface area contributed by atoms with Gasteiger partial charge >= 0.3 is 0 Å². The lowest BCUT2D eigenvalue weighted by molar-refractivity contribution is -0.115. The smallest absolute Gasteiger partial charge is 0.243 e. The molecule has 1 saturated heterocycles. The molecular formula is C21H26N2O4S. The van der Waals surface area contributed by atoms with Gasteiger partial charge in [-0.1, -0.05) is 19.1 Å². The number of nitrogens with zero attached hydrogens (tertiary/aromatic N) is 1. The third kappa shape index (κ3) is 4.91. The summed E-state index contributed by atoms with van der Waals surface area (Å²) in [7, 11) is -1.90. The summed E-state index contributed by atoms with van der Waals surface area (Å²) in [5, 5.41) is 2.80. The van der Waals surface area contributed by atoms with Crippen LogP contribution in [0.2, 0.25) is 0 Å². The van der Waals surface area contributed by atoms with Crippen molar-refractivity contribution in [2.45, 2.75) is 31.1 Å². The van der Waals surface area contributed by atoms with Gasteiger partial charge in [0.25, 0.3) is 0 Å². The Kier molecular flexibility index (Phi) is 6.36. The summed E-state index contributed by atoms with van der Waals surface area (Å²) in [6.45, 7) is 3.26. The number of methoxy groups -OCH3 is 1. The molecule has 6 nitrogen and oxygen atoms in total. The molecule has 2 aromatic carbocycles. The fraction of sp³-hybridized carbons (Fsp3) is 0.381. The summed E-state index contributed by atoms with van der Waals surface area (Å²) < 4.78 is 32.2. The molecule has 0 spiro atoms. The van der Waals surface area contributed by atoms with E-state index < -0.39 is 10.0 Å². The van der Waals surface area contributed by atoms with Gasteiger partial charge in [0.2, 0.25) is 15.9 Å². The van der Waals surface area contributed by atoms with Gasteiger partial charge in [-0.05, 0) is 60.7 Å². The first-order valence-electron chi connectivity index (χ1n) is 9.41. The highest BCUT2D eigenvalue weighted by Gasteiger charge is 2.27. The van der Waals surface area contributed by atoms with E-state index in [0.29, 0.717) is 30.4 Å². The number of nitrogens with one attached hydrogen (secondary N) is 1. The predicted octanol–water partition coefficient (Wildman–Crippen LogP) is 3.30. The summed E-state index contributed by atoms with van der Waals surface area (Å²) in [6, 6.07) is 13.7. The second-order valence-electron chi connectivity index (χ2n) is 7.19. The minimum absolute atomic E-state index is 0.172. The van der Waals surface area contributed by atoms with Crippen LogP contribution >= 0.6 is 0 Å². The first kappa shape index (κ1) is 20.4. The Hall–Kier alpha value is -2.38. The normalized spacial score (nSPS) is 15.9. The van der Waals surface area contributed by atoms with Gasteiger partial charge in [0, 0.05) is 18.8 Å². The zero-order valence-electron chi connectivity index (χ0n) is 16.2. The van der Waals surface area contributed by atoms with Crippen molar-refractivity contribution in [3.8, 4) is 5.75 Å². The highest BCUT2D eigenvalue weighted by atomic mass is 32.2. The molecule has 150 valence electrons. The van der Waals surface area contributed by atoms with E-state index in [1.165, 1.54) is 0 Å². The summed E-state index contributed by atoms with van der Waals surface area (Å²) in [6.07, 6.45) is 1.98. The highest BCUT2D eigenvalue weighted by Crippen LogP contribution is 2.24. The molecule has 0 aliphatic carbocycles. The third-order valence-corrected chi connectivity index (χ3v) is 6.93. The molecule has 1 aliphatic heterocycles. The number of sulfonamides is 1. The minimum Gasteiger partial charge on any atom is -0.497 e.